The molecule has 13 heteroatoms. The van der Waals surface area contributed by atoms with Gasteiger partial charge in [0.05, 0.1) is 48.2 Å². The first-order valence-corrected chi connectivity index (χ1v) is 13.1. The molecule has 1 fully saturated rings. The average molecular weight is 573 g/mol. The van der Waals surface area contributed by atoms with Gasteiger partial charge in [0.15, 0.2) is 23.4 Å². The number of pyridine rings is 1. The summed E-state index contributed by atoms with van der Waals surface area (Å²) < 4.78 is 49.1. The van der Waals surface area contributed by atoms with Crippen LogP contribution in [0.3, 0.4) is 0 Å². The van der Waals surface area contributed by atoms with Gasteiger partial charge in [0, 0.05) is 24.8 Å². The van der Waals surface area contributed by atoms with Crippen molar-refractivity contribution in [2.45, 2.75) is 25.4 Å². The van der Waals surface area contributed by atoms with E-state index in [2.05, 4.69) is 31.4 Å². The van der Waals surface area contributed by atoms with Gasteiger partial charge in [0.2, 0.25) is 0 Å². The Balaban J connectivity index is 1.37. The lowest BCUT2D eigenvalue weighted by molar-refractivity contribution is -0.135. The van der Waals surface area contributed by atoms with Gasteiger partial charge < -0.3 is 24.4 Å². The molecule has 0 amide bonds. The van der Waals surface area contributed by atoms with E-state index in [1.807, 2.05) is 13.0 Å². The van der Waals surface area contributed by atoms with Gasteiger partial charge in [-0.1, -0.05) is 0 Å². The Morgan fingerprint density at radius 3 is 2.71 bits per heavy atom. The number of hydrogen-bond donors (Lipinski definition) is 1. The highest BCUT2D eigenvalue weighted by molar-refractivity contribution is 6.01. The van der Waals surface area contributed by atoms with Crippen LogP contribution in [0.25, 0.3) is 16.7 Å². The zero-order chi connectivity index (χ0) is 29.4. The molecular weight excluding hydrogens is 546 g/mol. The number of benzene rings is 2. The van der Waals surface area contributed by atoms with Crippen molar-refractivity contribution in [1.29, 1.82) is 5.26 Å². The van der Waals surface area contributed by atoms with Crippen LogP contribution in [0.4, 0.5) is 20.2 Å². The van der Waals surface area contributed by atoms with Crippen LogP contribution in [0.5, 0.6) is 23.0 Å². The highest BCUT2D eigenvalue weighted by Gasteiger charge is 2.46. The fourth-order valence-electron chi connectivity index (χ4n) is 4.97. The first-order chi connectivity index (χ1) is 20.3. The number of ether oxygens (including phenoxy) is 3. The topological polar surface area (TPSA) is 123 Å². The summed E-state index contributed by atoms with van der Waals surface area (Å²) in [6.07, 6.45) is 4.81. The standard InChI is InChI=1S/C29H26F2N8O3/c1-17-10-19(4-6-22(17)41-20-13-34-28-35-16-36-39(28)14-20)37-26-18(11-32)12-33-21-5-7-23(40-3)27(25(21)26)42-24-8-9-38(2)15-29(24,30)31/h4-7,10,12-14,16,24H,8-9,15H2,1-3H3,(H,33,37)/t24-/m0/s1. The molecule has 2 aromatic carbocycles. The first-order valence-electron chi connectivity index (χ1n) is 13.1. The van der Waals surface area contributed by atoms with E-state index in [-0.39, 0.29) is 23.5 Å². The van der Waals surface area contributed by atoms with Gasteiger partial charge in [-0.25, -0.2) is 18.3 Å². The van der Waals surface area contributed by atoms with Crippen LogP contribution in [0.15, 0.2) is 55.2 Å². The fourth-order valence-corrected chi connectivity index (χ4v) is 4.97. The summed E-state index contributed by atoms with van der Waals surface area (Å²) in [6.45, 7) is 1.90. The van der Waals surface area contributed by atoms with E-state index in [1.54, 1.807) is 48.6 Å². The van der Waals surface area contributed by atoms with Crippen molar-refractivity contribution in [3.8, 4) is 29.1 Å². The molecule has 0 bridgehead atoms. The Morgan fingerprint density at radius 2 is 1.95 bits per heavy atom. The number of anilines is 2. The molecule has 214 valence electrons. The van der Waals surface area contributed by atoms with Crippen LogP contribution in [0.1, 0.15) is 17.5 Å². The highest BCUT2D eigenvalue weighted by atomic mass is 19.3. The molecule has 11 nitrogen and oxygen atoms in total. The van der Waals surface area contributed by atoms with E-state index in [1.165, 1.54) is 24.1 Å². The Bertz CT molecular complexity index is 1840. The van der Waals surface area contributed by atoms with Gasteiger partial charge >= 0.3 is 0 Å². The van der Waals surface area contributed by atoms with Crippen molar-refractivity contribution in [2.24, 2.45) is 0 Å². The first kappa shape index (κ1) is 27.1. The minimum Gasteiger partial charge on any atom is -0.493 e. The summed E-state index contributed by atoms with van der Waals surface area (Å²) in [6, 6.07) is 10.9. The molecule has 1 saturated heterocycles. The van der Waals surface area contributed by atoms with Gasteiger partial charge in [-0.3, -0.25) is 4.98 Å². The number of likely N-dealkylation sites (tertiary alicyclic amines) is 1. The number of fused-ring (bicyclic) bond motifs is 2. The number of nitriles is 1. The highest BCUT2D eigenvalue weighted by Crippen LogP contribution is 2.44. The SMILES string of the molecule is COc1ccc2ncc(C#N)c(Nc3ccc(Oc4cnc5ncnn5c4)c(C)c3)c2c1O[C@H]1CCN(C)CC1(F)F. The van der Waals surface area contributed by atoms with Crippen molar-refractivity contribution in [1.82, 2.24) is 29.5 Å². The number of aryl methyl sites for hydroxylation is 1. The predicted octanol–water partition coefficient (Wildman–Crippen LogP) is 5.12. The minimum absolute atomic E-state index is 0.101. The van der Waals surface area contributed by atoms with Gasteiger partial charge in [-0.2, -0.15) is 15.3 Å². The van der Waals surface area contributed by atoms with Crippen LogP contribution < -0.4 is 19.5 Å². The maximum atomic E-state index is 15.0. The molecule has 3 aromatic heterocycles. The number of hydrogen-bond acceptors (Lipinski definition) is 10. The van der Waals surface area contributed by atoms with Crippen LogP contribution in [-0.4, -0.2) is 68.7 Å². The van der Waals surface area contributed by atoms with Gasteiger partial charge in [-0.05, 0) is 49.9 Å². The molecule has 6 rings (SSSR count). The Morgan fingerprint density at radius 1 is 1.12 bits per heavy atom. The largest absolute Gasteiger partial charge is 0.493 e. The monoisotopic (exact) mass is 572 g/mol. The normalized spacial score (nSPS) is 16.7. The van der Waals surface area contributed by atoms with Crippen molar-refractivity contribution in [2.75, 3.05) is 32.6 Å². The van der Waals surface area contributed by atoms with Crippen LogP contribution in [0.2, 0.25) is 0 Å². The number of nitrogens with one attached hydrogen (secondary N) is 1. The second-order valence-corrected chi connectivity index (χ2v) is 10.0. The van der Waals surface area contributed by atoms with E-state index >= 15 is 8.78 Å². The molecule has 0 spiro atoms. The zero-order valence-corrected chi connectivity index (χ0v) is 23.0. The number of alkyl halides is 2. The second-order valence-electron chi connectivity index (χ2n) is 10.0. The molecule has 0 saturated carbocycles. The van der Waals surface area contributed by atoms with E-state index in [9.17, 15) is 5.26 Å². The average Bonchev–Trinajstić information content (AvgIpc) is 3.44. The Kier molecular flexibility index (Phi) is 6.91. The maximum Gasteiger partial charge on any atom is 0.296 e. The molecule has 0 aliphatic carbocycles. The molecule has 4 heterocycles. The lowest BCUT2D eigenvalue weighted by Crippen LogP contribution is -2.52. The second kappa shape index (κ2) is 10.7. The van der Waals surface area contributed by atoms with Gasteiger partial charge in [-0.15, -0.1) is 0 Å². The quantitative estimate of drug-likeness (QED) is 0.281. The van der Waals surface area contributed by atoms with Gasteiger partial charge in [0.1, 0.15) is 18.1 Å². The van der Waals surface area contributed by atoms with Crippen molar-refractivity contribution >= 4 is 28.1 Å². The zero-order valence-electron chi connectivity index (χ0n) is 23.0. The number of nitrogens with zero attached hydrogens (tertiary/aromatic N) is 7. The van der Waals surface area contributed by atoms with Crippen LogP contribution in [-0.2, 0) is 0 Å². The summed E-state index contributed by atoms with van der Waals surface area (Å²) >= 11 is 0. The molecule has 0 radical (unpaired) electrons. The van der Waals surface area contributed by atoms with Crippen molar-refractivity contribution in [3.63, 3.8) is 0 Å². The smallest absolute Gasteiger partial charge is 0.296 e. The van der Waals surface area contributed by atoms with Crippen LogP contribution >= 0.6 is 0 Å². The number of methoxy groups -OCH3 is 1. The number of piperidine rings is 1. The summed E-state index contributed by atoms with van der Waals surface area (Å²) in [7, 11) is 3.09. The molecule has 1 atom stereocenters. The molecule has 1 aliphatic rings. The van der Waals surface area contributed by atoms with E-state index in [4.69, 9.17) is 14.2 Å². The maximum absolute atomic E-state index is 15.0. The molecule has 1 N–H and O–H groups in total. The summed E-state index contributed by atoms with van der Waals surface area (Å²) in [5.41, 5.74) is 2.45. The fraction of sp³-hybridized carbons (Fsp3) is 0.276. The van der Waals surface area contributed by atoms with E-state index in [0.717, 1.165) is 5.56 Å². The number of halogens is 2. The number of aromatic nitrogens is 5. The Labute approximate surface area is 239 Å². The predicted molar refractivity (Wildman–Crippen MR) is 150 cm³/mol. The molecule has 1 aliphatic heterocycles. The minimum atomic E-state index is -3.09. The molecule has 42 heavy (non-hydrogen) atoms. The Hall–Kier alpha value is -5.09. The summed E-state index contributed by atoms with van der Waals surface area (Å²) in [4.78, 5) is 14.2. The van der Waals surface area contributed by atoms with E-state index < -0.39 is 18.6 Å². The molecule has 0 unspecified atom stereocenters. The van der Waals surface area contributed by atoms with Crippen molar-refractivity contribution in [3.05, 3.63) is 66.4 Å². The lowest BCUT2D eigenvalue weighted by atomic mass is 10.0. The summed E-state index contributed by atoms with van der Waals surface area (Å²) in [5.74, 6) is -1.22. The lowest BCUT2D eigenvalue weighted by Gasteiger charge is -2.36. The van der Waals surface area contributed by atoms with Crippen molar-refractivity contribution < 1.29 is 23.0 Å². The third-order valence-corrected chi connectivity index (χ3v) is 7.06. The third-order valence-electron chi connectivity index (χ3n) is 7.06. The van der Waals surface area contributed by atoms with Gasteiger partial charge in [0.25, 0.3) is 11.7 Å². The third kappa shape index (κ3) is 5.08. The summed E-state index contributed by atoms with van der Waals surface area (Å²) in [5, 5.41) is 17.7. The number of rotatable bonds is 7. The van der Waals surface area contributed by atoms with E-state index in [0.29, 0.717) is 46.1 Å². The molecular formula is C29H26F2N8O3. The van der Waals surface area contributed by atoms with Crippen LogP contribution in [0, 0.1) is 18.3 Å². The molecule has 5 aromatic rings.